The Balaban J connectivity index is 1.52. The first-order valence-electron chi connectivity index (χ1n) is 11.0. The minimum absolute atomic E-state index is 0.107. The fourth-order valence-corrected chi connectivity index (χ4v) is 3.99. The molecule has 2 fully saturated rings. The molecule has 2 aromatic rings. The van der Waals surface area contributed by atoms with Gasteiger partial charge in [-0.25, -0.2) is 9.37 Å². The Morgan fingerprint density at radius 1 is 1.31 bits per heavy atom. The van der Waals surface area contributed by atoms with E-state index in [9.17, 15) is 23.6 Å². The number of hydrogen-bond donors (Lipinski definition) is 2. The van der Waals surface area contributed by atoms with Gasteiger partial charge in [0.15, 0.2) is 5.41 Å². The Morgan fingerprint density at radius 3 is 2.78 bits per heavy atom. The average molecular weight is 517 g/mol. The third-order valence-electron chi connectivity index (χ3n) is 5.86. The lowest BCUT2D eigenvalue weighted by Gasteiger charge is -2.27. The number of anilines is 3. The fraction of sp³-hybridized carbons (Fsp3) is 0.292. The van der Waals surface area contributed by atoms with Crippen LogP contribution >= 0.6 is 11.6 Å². The molecule has 1 aliphatic heterocycles. The maximum atomic E-state index is 14.9. The van der Waals surface area contributed by atoms with E-state index in [1.807, 2.05) is 0 Å². The lowest BCUT2D eigenvalue weighted by atomic mass is 10.0. The zero-order valence-corrected chi connectivity index (χ0v) is 19.7. The van der Waals surface area contributed by atoms with Crippen molar-refractivity contribution in [1.29, 1.82) is 0 Å². The SMILES string of the molecule is C=CCOC(=O)[C@@]1(C(=O)Nc2ccc(N3CCOCC3=O)cc2F)C[C@@H]1C(=O)Nc1ccc(Cl)cn1. The predicted octanol–water partition coefficient (Wildman–Crippen LogP) is 2.55. The van der Waals surface area contributed by atoms with Crippen LogP contribution in [0.4, 0.5) is 21.6 Å². The number of nitrogens with one attached hydrogen (secondary N) is 2. The largest absolute Gasteiger partial charge is 0.461 e. The van der Waals surface area contributed by atoms with Crippen molar-refractivity contribution < 1.29 is 33.0 Å². The summed E-state index contributed by atoms with van der Waals surface area (Å²) in [5.74, 6) is -4.47. The van der Waals surface area contributed by atoms with Crippen LogP contribution in [-0.4, -0.2) is 55.0 Å². The number of hydrogen-bond acceptors (Lipinski definition) is 7. The molecule has 188 valence electrons. The van der Waals surface area contributed by atoms with Crippen molar-refractivity contribution in [2.75, 3.05) is 41.9 Å². The molecule has 36 heavy (non-hydrogen) atoms. The molecule has 1 aromatic carbocycles. The molecule has 2 N–H and O–H groups in total. The molecule has 1 aliphatic carbocycles. The molecular formula is C24H22ClFN4O6. The molecule has 0 bridgehead atoms. The van der Waals surface area contributed by atoms with Crippen molar-refractivity contribution >= 4 is 52.5 Å². The van der Waals surface area contributed by atoms with E-state index in [0.717, 1.165) is 6.07 Å². The number of ether oxygens (including phenoxy) is 2. The van der Waals surface area contributed by atoms with Gasteiger partial charge in [0.1, 0.15) is 24.8 Å². The highest BCUT2D eigenvalue weighted by atomic mass is 35.5. The zero-order chi connectivity index (χ0) is 25.9. The van der Waals surface area contributed by atoms with Gasteiger partial charge in [-0.15, -0.1) is 0 Å². The summed E-state index contributed by atoms with van der Waals surface area (Å²) < 4.78 is 25.0. The van der Waals surface area contributed by atoms with Gasteiger partial charge in [0.05, 0.1) is 23.2 Å². The standard InChI is InChI=1S/C24H22ClFN4O6/c1-2-8-36-23(34)24(11-16(24)21(32)29-19-6-3-14(25)12-27-19)22(33)28-18-5-4-15(10-17(18)26)30-7-9-35-13-20(30)31/h2-6,10,12,16H,1,7-9,11,13H2,(H,28,33)(H,27,29,32)/t16-,24+/m1/s1. The quantitative estimate of drug-likeness (QED) is 0.313. The van der Waals surface area contributed by atoms with Crippen LogP contribution in [-0.2, 0) is 28.7 Å². The smallest absolute Gasteiger partial charge is 0.322 e. The van der Waals surface area contributed by atoms with Gasteiger partial charge in [-0.1, -0.05) is 24.3 Å². The molecule has 1 aromatic heterocycles. The van der Waals surface area contributed by atoms with Crippen LogP contribution in [0.5, 0.6) is 0 Å². The van der Waals surface area contributed by atoms with Gasteiger partial charge in [0.2, 0.25) is 11.8 Å². The molecule has 2 atom stereocenters. The maximum absolute atomic E-state index is 14.9. The Labute approximate surface area is 210 Å². The summed E-state index contributed by atoms with van der Waals surface area (Å²) in [5.41, 5.74) is -1.77. The highest BCUT2D eigenvalue weighted by Gasteiger charge is 2.70. The van der Waals surface area contributed by atoms with Crippen molar-refractivity contribution in [3.05, 3.63) is 60.0 Å². The minimum Gasteiger partial charge on any atom is -0.461 e. The number of aromatic nitrogens is 1. The summed E-state index contributed by atoms with van der Waals surface area (Å²) in [6.07, 6.45) is 2.51. The summed E-state index contributed by atoms with van der Waals surface area (Å²) in [6, 6.07) is 6.84. The van der Waals surface area contributed by atoms with Crippen molar-refractivity contribution in [1.82, 2.24) is 4.98 Å². The van der Waals surface area contributed by atoms with Gasteiger partial charge in [0, 0.05) is 18.4 Å². The zero-order valence-electron chi connectivity index (χ0n) is 19.0. The van der Waals surface area contributed by atoms with E-state index < -0.39 is 34.9 Å². The second-order valence-electron chi connectivity index (χ2n) is 8.18. The topological polar surface area (TPSA) is 127 Å². The highest BCUT2D eigenvalue weighted by molar-refractivity contribution is 6.30. The second-order valence-corrected chi connectivity index (χ2v) is 8.62. The Bertz CT molecular complexity index is 1220. The van der Waals surface area contributed by atoms with Crippen molar-refractivity contribution in [2.24, 2.45) is 11.3 Å². The van der Waals surface area contributed by atoms with Gasteiger partial charge in [-0.2, -0.15) is 0 Å². The third-order valence-corrected chi connectivity index (χ3v) is 6.08. The summed E-state index contributed by atoms with van der Waals surface area (Å²) >= 11 is 5.80. The molecule has 2 aliphatic rings. The molecule has 10 nitrogen and oxygen atoms in total. The Morgan fingerprint density at radius 2 is 2.11 bits per heavy atom. The lowest BCUT2D eigenvalue weighted by molar-refractivity contribution is -0.154. The third kappa shape index (κ3) is 5.07. The monoisotopic (exact) mass is 516 g/mol. The normalized spacial score (nSPS) is 20.9. The molecule has 1 saturated heterocycles. The van der Waals surface area contributed by atoms with Crippen LogP contribution in [0.2, 0.25) is 5.02 Å². The Kier molecular flexibility index (Phi) is 7.32. The first-order valence-corrected chi connectivity index (χ1v) is 11.3. The molecule has 1 saturated carbocycles. The van der Waals surface area contributed by atoms with E-state index >= 15 is 0 Å². The maximum Gasteiger partial charge on any atom is 0.322 e. The van der Waals surface area contributed by atoms with E-state index in [-0.39, 0.29) is 43.6 Å². The number of benzene rings is 1. The van der Waals surface area contributed by atoms with E-state index in [2.05, 4.69) is 22.2 Å². The van der Waals surface area contributed by atoms with Crippen LogP contribution in [0, 0.1) is 17.2 Å². The highest BCUT2D eigenvalue weighted by Crippen LogP contribution is 2.55. The van der Waals surface area contributed by atoms with Gasteiger partial charge >= 0.3 is 5.97 Å². The molecule has 3 amide bonds. The van der Waals surface area contributed by atoms with E-state index in [0.29, 0.717) is 17.3 Å². The molecule has 0 radical (unpaired) electrons. The van der Waals surface area contributed by atoms with Crippen molar-refractivity contribution in [3.63, 3.8) is 0 Å². The molecular weight excluding hydrogens is 495 g/mol. The molecule has 2 heterocycles. The summed E-state index contributed by atoms with van der Waals surface area (Å²) in [7, 11) is 0. The summed E-state index contributed by atoms with van der Waals surface area (Å²) in [5, 5.41) is 5.29. The number of rotatable bonds is 8. The number of amides is 3. The summed E-state index contributed by atoms with van der Waals surface area (Å²) in [6.45, 7) is 3.77. The number of halogens is 2. The minimum atomic E-state index is -1.86. The first kappa shape index (κ1) is 25.3. The first-order chi connectivity index (χ1) is 17.3. The molecule has 4 rings (SSSR count). The molecule has 0 spiro atoms. The second kappa shape index (κ2) is 10.4. The van der Waals surface area contributed by atoms with Crippen LogP contribution in [0.25, 0.3) is 0 Å². The van der Waals surface area contributed by atoms with Gasteiger partial charge < -0.3 is 25.0 Å². The average Bonchev–Trinajstić information content (AvgIpc) is 3.63. The van der Waals surface area contributed by atoms with Crippen molar-refractivity contribution in [2.45, 2.75) is 6.42 Å². The number of carbonyl (C=O) groups is 4. The lowest BCUT2D eigenvalue weighted by Crippen LogP contribution is -2.41. The number of pyridine rings is 1. The number of morpholine rings is 1. The van der Waals surface area contributed by atoms with Crippen LogP contribution < -0.4 is 15.5 Å². The van der Waals surface area contributed by atoms with Crippen LogP contribution in [0.15, 0.2) is 49.2 Å². The molecule has 0 unspecified atom stereocenters. The van der Waals surface area contributed by atoms with E-state index in [4.69, 9.17) is 21.1 Å². The predicted molar refractivity (Wildman–Crippen MR) is 128 cm³/mol. The number of esters is 1. The van der Waals surface area contributed by atoms with Gasteiger partial charge in [-0.3, -0.25) is 19.2 Å². The van der Waals surface area contributed by atoms with Gasteiger partial charge in [-0.05, 0) is 36.8 Å². The number of nitrogens with zero attached hydrogens (tertiary/aromatic N) is 2. The van der Waals surface area contributed by atoms with Crippen LogP contribution in [0.3, 0.4) is 0 Å². The van der Waals surface area contributed by atoms with Gasteiger partial charge in [0.25, 0.3) is 5.91 Å². The Hall–Kier alpha value is -3.83. The van der Waals surface area contributed by atoms with E-state index in [1.165, 1.54) is 41.4 Å². The summed E-state index contributed by atoms with van der Waals surface area (Å²) in [4.78, 5) is 56.2. The fourth-order valence-electron chi connectivity index (χ4n) is 3.87. The van der Waals surface area contributed by atoms with Crippen molar-refractivity contribution in [3.8, 4) is 0 Å². The van der Waals surface area contributed by atoms with E-state index in [1.54, 1.807) is 0 Å². The number of carbonyl (C=O) groups excluding carboxylic acids is 4. The van der Waals surface area contributed by atoms with Crippen LogP contribution in [0.1, 0.15) is 6.42 Å². The molecule has 12 heteroatoms.